The smallest absolute Gasteiger partial charge is 0.416 e. The van der Waals surface area contributed by atoms with Crippen LogP contribution in [-0.2, 0) is 6.18 Å². The van der Waals surface area contributed by atoms with Crippen LogP contribution in [0.1, 0.15) is 28.8 Å². The molecule has 164 valence electrons. The average molecular weight is 444 g/mol. The minimum Gasteiger partial charge on any atom is -0.461 e. The molecule has 31 heavy (non-hydrogen) atoms. The summed E-state index contributed by atoms with van der Waals surface area (Å²) in [7, 11) is 0. The van der Waals surface area contributed by atoms with Crippen molar-refractivity contribution < 1.29 is 35.9 Å². The number of carbonyl (C=O) groups excluding carboxylic acids is 1. The lowest BCUT2D eigenvalue weighted by Gasteiger charge is -2.19. The maximum absolute atomic E-state index is 13.1. The van der Waals surface area contributed by atoms with E-state index in [1.165, 1.54) is 12.3 Å². The summed E-state index contributed by atoms with van der Waals surface area (Å²) in [6.07, 6.45) is -6.65. The van der Waals surface area contributed by atoms with E-state index in [0.29, 0.717) is 12.1 Å². The number of alkyl halides is 6. The van der Waals surface area contributed by atoms with Crippen LogP contribution in [0.3, 0.4) is 0 Å². The average Bonchev–Trinajstić information content (AvgIpc) is 2.67. The van der Waals surface area contributed by atoms with Crippen molar-refractivity contribution in [1.29, 1.82) is 0 Å². The Morgan fingerprint density at radius 2 is 1.71 bits per heavy atom. The number of allylic oxidation sites excluding steroid dienone is 4. The third kappa shape index (κ3) is 5.56. The highest BCUT2D eigenvalue weighted by Gasteiger charge is 2.35. The number of hydrogen-bond donors (Lipinski definition) is 2. The molecule has 5 nitrogen and oxygen atoms in total. The van der Waals surface area contributed by atoms with Crippen LogP contribution >= 0.6 is 0 Å². The molecule has 0 saturated heterocycles. The first-order chi connectivity index (χ1) is 14.4. The van der Waals surface area contributed by atoms with Crippen molar-refractivity contribution in [2.24, 2.45) is 0 Å². The molecule has 0 bridgehead atoms. The number of rotatable bonds is 4. The molecule has 1 aromatic carbocycles. The first-order valence-corrected chi connectivity index (χ1v) is 8.79. The van der Waals surface area contributed by atoms with Crippen molar-refractivity contribution >= 4 is 11.6 Å². The third-order valence-electron chi connectivity index (χ3n) is 4.30. The van der Waals surface area contributed by atoms with Gasteiger partial charge >= 0.3 is 12.4 Å². The highest BCUT2D eigenvalue weighted by Crippen LogP contribution is 2.36. The van der Waals surface area contributed by atoms with E-state index < -0.39 is 40.5 Å². The number of halogens is 6. The zero-order chi connectivity index (χ0) is 22.8. The predicted molar refractivity (Wildman–Crippen MR) is 98.5 cm³/mol. The van der Waals surface area contributed by atoms with E-state index in [-0.39, 0.29) is 30.0 Å². The molecule has 1 aromatic heterocycles. The largest absolute Gasteiger partial charge is 0.461 e. The summed E-state index contributed by atoms with van der Waals surface area (Å²) in [6, 6.07) is 4.52. The molecule has 0 aliphatic heterocycles. The van der Waals surface area contributed by atoms with Crippen LogP contribution in [0.4, 0.5) is 32.0 Å². The van der Waals surface area contributed by atoms with E-state index >= 15 is 0 Å². The minimum absolute atomic E-state index is 0.0340. The number of amides is 1. The second-order valence-electron chi connectivity index (χ2n) is 6.53. The van der Waals surface area contributed by atoms with Gasteiger partial charge in [-0.3, -0.25) is 9.59 Å². The zero-order valence-corrected chi connectivity index (χ0v) is 15.5. The van der Waals surface area contributed by atoms with Crippen LogP contribution in [0.2, 0.25) is 0 Å². The van der Waals surface area contributed by atoms with Gasteiger partial charge in [0.25, 0.3) is 5.91 Å². The Bertz CT molecular complexity index is 1110. The molecule has 0 radical (unpaired) electrons. The number of H-pyrrole nitrogens is 1. The van der Waals surface area contributed by atoms with Crippen molar-refractivity contribution in [3.8, 4) is 5.75 Å². The number of anilines is 1. The molecular weight excluding hydrogens is 430 g/mol. The Balaban J connectivity index is 1.93. The van der Waals surface area contributed by atoms with E-state index in [2.05, 4.69) is 10.3 Å². The van der Waals surface area contributed by atoms with Gasteiger partial charge in [0, 0.05) is 29.9 Å². The van der Waals surface area contributed by atoms with Crippen molar-refractivity contribution in [3.63, 3.8) is 0 Å². The molecule has 1 aliphatic carbocycles. The molecule has 11 heteroatoms. The van der Waals surface area contributed by atoms with Crippen LogP contribution in [0.5, 0.6) is 5.75 Å². The van der Waals surface area contributed by atoms with Gasteiger partial charge < -0.3 is 15.0 Å². The molecule has 1 aliphatic rings. The predicted octanol–water partition coefficient (Wildman–Crippen LogP) is 5.19. The number of aromatic amines is 1. The third-order valence-corrected chi connectivity index (χ3v) is 4.30. The molecule has 0 spiro atoms. The lowest BCUT2D eigenvalue weighted by Crippen LogP contribution is -2.18. The summed E-state index contributed by atoms with van der Waals surface area (Å²) in [5.74, 6) is -1.21. The Labute approximate surface area is 171 Å². The minimum atomic E-state index is -4.74. The highest BCUT2D eigenvalue weighted by molar-refractivity contribution is 6.06. The number of aromatic nitrogens is 1. The molecule has 0 fully saturated rings. The van der Waals surface area contributed by atoms with E-state index in [0.717, 1.165) is 24.3 Å². The lowest BCUT2D eigenvalue weighted by molar-refractivity contribution is -0.137. The van der Waals surface area contributed by atoms with Crippen molar-refractivity contribution in [2.45, 2.75) is 25.2 Å². The van der Waals surface area contributed by atoms with Gasteiger partial charge in [0.05, 0.1) is 11.1 Å². The van der Waals surface area contributed by atoms with Crippen LogP contribution in [0.25, 0.3) is 0 Å². The molecule has 0 unspecified atom stereocenters. The molecular formula is C20H14F6N2O3. The molecule has 3 rings (SSSR count). The fourth-order valence-electron chi connectivity index (χ4n) is 2.77. The summed E-state index contributed by atoms with van der Waals surface area (Å²) in [6.45, 7) is 0. The molecule has 1 heterocycles. The van der Waals surface area contributed by atoms with Gasteiger partial charge in [-0.05, 0) is 36.8 Å². The zero-order valence-electron chi connectivity index (χ0n) is 15.5. The Morgan fingerprint density at radius 1 is 0.968 bits per heavy atom. The van der Waals surface area contributed by atoms with Crippen molar-refractivity contribution in [3.05, 3.63) is 81.5 Å². The van der Waals surface area contributed by atoms with Gasteiger partial charge in [0.15, 0.2) is 0 Å². The summed E-state index contributed by atoms with van der Waals surface area (Å²) in [5, 5.41) is 2.30. The number of pyridine rings is 1. The fourth-order valence-corrected chi connectivity index (χ4v) is 2.77. The number of benzene rings is 1. The summed E-state index contributed by atoms with van der Waals surface area (Å²) in [5.41, 5.74) is -2.89. The molecule has 1 amide bonds. The van der Waals surface area contributed by atoms with Crippen LogP contribution in [-0.4, -0.2) is 17.1 Å². The second kappa shape index (κ2) is 8.32. The maximum Gasteiger partial charge on any atom is 0.416 e. The van der Waals surface area contributed by atoms with Crippen molar-refractivity contribution in [1.82, 2.24) is 4.98 Å². The van der Waals surface area contributed by atoms with E-state index in [9.17, 15) is 35.9 Å². The van der Waals surface area contributed by atoms with E-state index in [1.807, 2.05) is 0 Å². The summed E-state index contributed by atoms with van der Waals surface area (Å²) >= 11 is 0. The van der Waals surface area contributed by atoms with Gasteiger partial charge in [-0.25, -0.2) is 0 Å². The van der Waals surface area contributed by atoms with Crippen molar-refractivity contribution in [2.75, 3.05) is 5.32 Å². The summed E-state index contributed by atoms with van der Waals surface area (Å²) in [4.78, 5) is 26.3. The van der Waals surface area contributed by atoms with E-state index in [4.69, 9.17) is 4.74 Å². The number of ether oxygens (including phenoxy) is 1. The van der Waals surface area contributed by atoms with Gasteiger partial charge in [-0.15, -0.1) is 0 Å². The van der Waals surface area contributed by atoms with Gasteiger partial charge in [0.2, 0.25) is 5.56 Å². The number of hydrogen-bond acceptors (Lipinski definition) is 3. The van der Waals surface area contributed by atoms with Crippen LogP contribution in [0, 0.1) is 0 Å². The van der Waals surface area contributed by atoms with E-state index in [1.54, 1.807) is 0 Å². The quantitative estimate of drug-likeness (QED) is 0.638. The van der Waals surface area contributed by atoms with Crippen LogP contribution in [0.15, 0.2) is 64.8 Å². The maximum atomic E-state index is 13.1. The standard InChI is InChI=1S/C20H14F6N2O3/c21-19(22,23)11-1-4-14(5-2-11)31-16-6-3-12(20(24,25)26)9-15(16)18(30)28-13-7-8-27-17(29)10-13/h1,3-4,6-10H,2,5H2,(H2,27,28,29,30). The number of nitrogens with one attached hydrogen (secondary N) is 2. The Kier molecular flexibility index (Phi) is 5.96. The van der Waals surface area contributed by atoms with Gasteiger partial charge in [0.1, 0.15) is 11.5 Å². The molecule has 2 N–H and O–H groups in total. The lowest BCUT2D eigenvalue weighted by atomic mass is 10.0. The molecule has 0 saturated carbocycles. The first kappa shape index (κ1) is 22.2. The molecule has 2 aromatic rings. The molecule has 0 atom stereocenters. The Hall–Kier alpha value is -3.50. The van der Waals surface area contributed by atoms with Crippen LogP contribution < -0.4 is 15.6 Å². The van der Waals surface area contributed by atoms with Gasteiger partial charge in [-0.2, -0.15) is 26.3 Å². The second-order valence-corrected chi connectivity index (χ2v) is 6.53. The topological polar surface area (TPSA) is 71.2 Å². The normalized spacial score (nSPS) is 14.5. The number of carbonyl (C=O) groups is 1. The summed E-state index contributed by atoms with van der Waals surface area (Å²) < 4.78 is 83.0. The highest BCUT2D eigenvalue weighted by atomic mass is 19.4. The van der Waals surface area contributed by atoms with Gasteiger partial charge in [-0.1, -0.05) is 6.08 Å². The SMILES string of the molecule is O=C(Nc1cc[nH]c(=O)c1)c1cc(C(F)(F)F)ccc1OC1=CC=C(C(F)(F)F)CC1. The monoisotopic (exact) mass is 444 g/mol. The first-order valence-electron chi connectivity index (χ1n) is 8.79. The Morgan fingerprint density at radius 3 is 2.29 bits per heavy atom. The fraction of sp³-hybridized carbons (Fsp3) is 0.200.